The number of aryl methyl sites for hydroxylation is 2. The van der Waals surface area contributed by atoms with Crippen LogP contribution in [0.2, 0.25) is 0 Å². The third-order valence-corrected chi connectivity index (χ3v) is 4.45. The molecule has 0 spiro atoms. The normalized spacial score (nSPS) is 10.8. The first-order valence-electron chi connectivity index (χ1n) is 9.26. The van der Waals surface area contributed by atoms with E-state index in [2.05, 4.69) is 32.7 Å². The fourth-order valence-corrected chi connectivity index (χ4v) is 2.99. The van der Waals surface area contributed by atoms with Crippen molar-refractivity contribution in [2.75, 3.05) is 16.4 Å². The molecule has 0 unspecified atom stereocenters. The zero-order valence-electron chi connectivity index (χ0n) is 17.0. The third kappa shape index (κ3) is 4.73. The number of aromatic nitrogens is 2. The lowest BCUT2D eigenvalue weighted by molar-refractivity contribution is 1.16. The second-order valence-corrected chi connectivity index (χ2v) is 6.91. The highest BCUT2D eigenvalue weighted by atomic mass is 15.2. The summed E-state index contributed by atoms with van der Waals surface area (Å²) in [6.07, 6.45) is 3.39. The summed E-state index contributed by atoms with van der Waals surface area (Å²) in [5.74, 6) is 0.875. The molecule has 0 atom stereocenters. The highest BCUT2D eigenvalue weighted by Gasteiger charge is 2.10. The van der Waals surface area contributed by atoms with Crippen molar-refractivity contribution in [1.82, 2.24) is 9.97 Å². The topological polar surface area (TPSA) is 123 Å². The average Bonchev–Trinajstić information content (AvgIpc) is 2.73. The minimum Gasteiger partial charge on any atom is -0.394 e. The van der Waals surface area contributed by atoms with Crippen molar-refractivity contribution in [3.63, 3.8) is 0 Å². The van der Waals surface area contributed by atoms with Gasteiger partial charge in [-0.2, -0.15) is 15.5 Å². The number of nitrogen functional groups attached to an aromatic ring is 1. The molecular weight excluding hydrogens is 374 g/mol. The summed E-state index contributed by atoms with van der Waals surface area (Å²) in [4.78, 5) is 8.72. The number of hydrogen-bond acceptors (Lipinski definition) is 7. The van der Waals surface area contributed by atoms with Crippen LogP contribution in [0.3, 0.4) is 0 Å². The number of allylic oxidation sites excluding steroid dienone is 1. The van der Waals surface area contributed by atoms with Crippen molar-refractivity contribution in [3.8, 4) is 12.1 Å². The summed E-state index contributed by atoms with van der Waals surface area (Å²) in [5, 5.41) is 24.3. The molecule has 148 valence electrons. The summed E-state index contributed by atoms with van der Waals surface area (Å²) < 4.78 is 0. The van der Waals surface area contributed by atoms with E-state index >= 15 is 0 Å². The number of nitrogens with two attached hydrogens (primary N) is 1. The van der Waals surface area contributed by atoms with Crippen LogP contribution in [0.1, 0.15) is 29.2 Å². The van der Waals surface area contributed by atoms with Gasteiger partial charge in [0.05, 0.1) is 29.6 Å². The average molecular weight is 395 g/mol. The zero-order chi connectivity index (χ0) is 21.7. The molecule has 3 aromatic rings. The summed E-state index contributed by atoms with van der Waals surface area (Å²) in [6.45, 7) is 5.75. The minimum atomic E-state index is 0.385. The number of anilines is 5. The maximum absolute atomic E-state index is 8.99. The van der Waals surface area contributed by atoms with Gasteiger partial charge in [-0.15, -0.1) is 0 Å². The van der Waals surface area contributed by atoms with E-state index < -0.39 is 0 Å². The van der Waals surface area contributed by atoms with Crippen LogP contribution in [0, 0.1) is 36.5 Å². The minimum absolute atomic E-state index is 0.385. The number of nitrogens with zero attached hydrogens (tertiary/aromatic N) is 4. The Labute approximate surface area is 175 Å². The molecule has 0 radical (unpaired) electrons. The van der Waals surface area contributed by atoms with Gasteiger partial charge in [0.25, 0.3) is 0 Å². The fraction of sp³-hybridized carbons (Fsp3) is 0.130. The molecule has 0 aliphatic carbocycles. The Balaban J connectivity index is 1.87. The highest BCUT2D eigenvalue weighted by Crippen LogP contribution is 2.29. The van der Waals surface area contributed by atoms with Crippen molar-refractivity contribution in [2.24, 2.45) is 0 Å². The molecule has 0 aliphatic heterocycles. The van der Waals surface area contributed by atoms with Crippen LogP contribution in [0.4, 0.5) is 28.8 Å². The van der Waals surface area contributed by atoms with Gasteiger partial charge >= 0.3 is 0 Å². The predicted molar refractivity (Wildman–Crippen MR) is 119 cm³/mol. The van der Waals surface area contributed by atoms with Gasteiger partial charge in [-0.3, -0.25) is 0 Å². The quantitative estimate of drug-likeness (QED) is 0.521. The van der Waals surface area contributed by atoms with E-state index in [1.165, 1.54) is 0 Å². The predicted octanol–water partition coefficient (Wildman–Crippen LogP) is 4.96. The van der Waals surface area contributed by atoms with Crippen molar-refractivity contribution in [2.45, 2.75) is 20.8 Å². The van der Waals surface area contributed by atoms with Crippen LogP contribution in [0.25, 0.3) is 6.08 Å². The van der Waals surface area contributed by atoms with Crippen molar-refractivity contribution in [1.29, 1.82) is 10.5 Å². The number of nitrogens with one attached hydrogen (secondary N) is 2. The van der Waals surface area contributed by atoms with E-state index in [1.54, 1.807) is 37.4 Å². The number of benzene rings is 2. The van der Waals surface area contributed by atoms with Gasteiger partial charge in [-0.05, 0) is 79.9 Å². The van der Waals surface area contributed by atoms with Gasteiger partial charge in [0, 0.05) is 16.9 Å². The molecule has 1 aromatic heterocycles. The summed E-state index contributed by atoms with van der Waals surface area (Å²) >= 11 is 0. The van der Waals surface area contributed by atoms with Gasteiger partial charge in [-0.25, -0.2) is 4.98 Å². The first-order chi connectivity index (χ1) is 14.4. The SMILES string of the molecule is C/C(C#N)=C\c1cc(C)c(Nc2nc(Nc3ccc(C#N)cc3)ncc2N)c(C)c1. The molecule has 4 N–H and O–H groups in total. The molecule has 0 saturated carbocycles. The van der Waals surface area contributed by atoms with Crippen molar-refractivity contribution >= 4 is 34.9 Å². The van der Waals surface area contributed by atoms with E-state index in [4.69, 9.17) is 16.3 Å². The Bertz CT molecular complexity index is 1170. The molecule has 30 heavy (non-hydrogen) atoms. The van der Waals surface area contributed by atoms with Crippen LogP contribution in [-0.4, -0.2) is 9.97 Å². The summed E-state index contributed by atoms with van der Waals surface area (Å²) in [7, 11) is 0. The Morgan fingerprint density at radius 2 is 1.73 bits per heavy atom. The zero-order valence-corrected chi connectivity index (χ0v) is 17.0. The lowest BCUT2D eigenvalue weighted by Gasteiger charge is -2.15. The van der Waals surface area contributed by atoms with Gasteiger partial charge in [-0.1, -0.05) is 0 Å². The molecule has 2 aromatic carbocycles. The molecule has 1 heterocycles. The van der Waals surface area contributed by atoms with E-state index in [0.29, 0.717) is 28.6 Å². The second-order valence-electron chi connectivity index (χ2n) is 6.91. The Morgan fingerprint density at radius 3 is 2.33 bits per heavy atom. The van der Waals surface area contributed by atoms with E-state index in [0.717, 1.165) is 28.1 Å². The number of rotatable bonds is 5. The first kappa shape index (κ1) is 20.4. The van der Waals surface area contributed by atoms with Crippen LogP contribution >= 0.6 is 0 Å². The van der Waals surface area contributed by atoms with E-state index in [1.807, 2.05) is 32.1 Å². The molecular formula is C23H21N7. The standard InChI is InChI=1S/C23H21N7/c1-14(11-24)8-18-9-15(2)21(16(3)10-18)29-22-20(26)13-27-23(30-22)28-19-6-4-17(12-25)5-7-19/h4-10,13H,26H2,1-3H3,(H2,27,28,29,30)/b14-8+. The van der Waals surface area contributed by atoms with Crippen LogP contribution in [0.15, 0.2) is 48.2 Å². The number of hydrogen-bond donors (Lipinski definition) is 3. The highest BCUT2D eigenvalue weighted by molar-refractivity contribution is 5.75. The molecule has 7 nitrogen and oxygen atoms in total. The molecule has 0 aliphatic rings. The van der Waals surface area contributed by atoms with Crippen LogP contribution in [-0.2, 0) is 0 Å². The van der Waals surface area contributed by atoms with Gasteiger partial charge in [0.2, 0.25) is 5.95 Å². The Morgan fingerprint density at radius 1 is 1.07 bits per heavy atom. The van der Waals surface area contributed by atoms with Crippen molar-refractivity contribution in [3.05, 3.63) is 70.4 Å². The summed E-state index contributed by atoms with van der Waals surface area (Å²) in [6, 6.07) is 15.2. The van der Waals surface area contributed by atoms with Gasteiger partial charge < -0.3 is 16.4 Å². The second kappa shape index (κ2) is 8.76. The van der Waals surface area contributed by atoms with Crippen molar-refractivity contribution < 1.29 is 0 Å². The molecule has 0 saturated heterocycles. The molecule has 7 heteroatoms. The molecule has 0 bridgehead atoms. The van der Waals surface area contributed by atoms with Gasteiger partial charge in [0.1, 0.15) is 0 Å². The largest absolute Gasteiger partial charge is 0.394 e. The molecule has 0 amide bonds. The van der Waals surface area contributed by atoms with E-state index in [-0.39, 0.29) is 0 Å². The van der Waals surface area contributed by atoms with Crippen LogP contribution < -0.4 is 16.4 Å². The molecule has 3 rings (SSSR count). The third-order valence-electron chi connectivity index (χ3n) is 4.45. The van der Waals surface area contributed by atoms with Gasteiger partial charge in [0.15, 0.2) is 5.82 Å². The monoisotopic (exact) mass is 395 g/mol. The smallest absolute Gasteiger partial charge is 0.229 e. The lowest BCUT2D eigenvalue weighted by atomic mass is 10.0. The lowest BCUT2D eigenvalue weighted by Crippen LogP contribution is -2.06. The maximum Gasteiger partial charge on any atom is 0.229 e. The first-order valence-corrected chi connectivity index (χ1v) is 9.26. The maximum atomic E-state index is 8.99. The Hall–Kier alpha value is -4.36. The molecule has 0 fully saturated rings. The van der Waals surface area contributed by atoms with E-state index in [9.17, 15) is 0 Å². The Kier molecular flexibility index (Phi) is 5.95. The summed E-state index contributed by atoms with van der Waals surface area (Å²) in [5.41, 5.74) is 12.4. The van der Waals surface area contributed by atoms with Crippen LogP contribution in [0.5, 0.6) is 0 Å². The fourth-order valence-electron chi connectivity index (χ4n) is 2.99. The number of nitriles is 2.